The van der Waals surface area contributed by atoms with Gasteiger partial charge in [0.25, 0.3) is 0 Å². The van der Waals surface area contributed by atoms with Crippen LogP contribution in [0.5, 0.6) is 5.75 Å². The van der Waals surface area contributed by atoms with Crippen molar-refractivity contribution in [1.29, 1.82) is 0 Å². The van der Waals surface area contributed by atoms with Crippen molar-refractivity contribution in [2.45, 2.75) is 39.5 Å². The standard InChI is InChI=1S/C26H27ClO2/c1-18-9-11-23(15-19(18)2)25(22-6-4-7-24(27)16-22)8-5-13-29-26-12-10-21(17-28)14-20(26)3/h4,6-7,9-12,14-17,25H,5,8,13H2,1-3H3/t25-/m0/s1. The second-order valence-electron chi connectivity index (χ2n) is 7.58. The molecule has 0 aliphatic heterocycles. The largest absolute Gasteiger partial charge is 0.493 e. The molecule has 0 amide bonds. The molecule has 0 radical (unpaired) electrons. The summed E-state index contributed by atoms with van der Waals surface area (Å²) in [6.45, 7) is 6.89. The van der Waals surface area contributed by atoms with Gasteiger partial charge in [-0.15, -0.1) is 0 Å². The van der Waals surface area contributed by atoms with E-state index in [0.717, 1.165) is 35.5 Å². The molecule has 3 aromatic rings. The number of hydrogen-bond acceptors (Lipinski definition) is 2. The monoisotopic (exact) mass is 406 g/mol. The van der Waals surface area contributed by atoms with Crippen LogP contribution >= 0.6 is 11.6 Å². The molecule has 0 N–H and O–H groups in total. The molecule has 2 nitrogen and oxygen atoms in total. The Morgan fingerprint density at radius 1 is 0.897 bits per heavy atom. The summed E-state index contributed by atoms with van der Waals surface area (Å²) in [5, 5.41) is 0.762. The van der Waals surface area contributed by atoms with E-state index in [1.54, 1.807) is 6.07 Å². The minimum atomic E-state index is 0.273. The van der Waals surface area contributed by atoms with E-state index in [4.69, 9.17) is 16.3 Å². The molecule has 0 saturated heterocycles. The minimum Gasteiger partial charge on any atom is -0.493 e. The Morgan fingerprint density at radius 3 is 2.38 bits per heavy atom. The third-order valence-electron chi connectivity index (χ3n) is 5.41. The fraction of sp³-hybridized carbons (Fsp3) is 0.269. The van der Waals surface area contributed by atoms with Crippen molar-refractivity contribution in [2.24, 2.45) is 0 Å². The van der Waals surface area contributed by atoms with Crippen LogP contribution in [0.1, 0.15) is 56.9 Å². The Balaban J connectivity index is 1.72. The molecule has 1 atom stereocenters. The van der Waals surface area contributed by atoms with Crippen molar-refractivity contribution < 1.29 is 9.53 Å². The number of aryl methyl sites for hydroxylation is 3. The predicted molar refractivity (Wildman–Crippen MR) is 121 cm³/mol. The molecule has 0 fully saturated rings. The maximum absolute atomic E-state index is 10.9. The SMILES string of the molecule is Cc1ccc([C@@H](CCCOc2ccc(C=O)cc2C)c2cccc(Cl)c2)cc1C. The molecule has 3 heteroatoms. The molecule has 3 rings (SSSR count). The molecule has 0 heterocycles. The molecule has 0 aliphatic carbocycles. The van der Waals surface area contributed by atoms with Gasteiger partial charge < -0.3 is 4.74 Å². The average Bonchev–Trinajstić information content (AvgIpc) is 2.71. The van der Waals surface area contributed by atoms with Gasteiger partial charge in [0.2, 0.25) is 0 Å². The maximum atomic E-state index is 10.9. The molecule has 150 valence electrons. The van der Waals surface area contributed by atoms with Crippen LogP contribution in [0.3, 0.4) is 0 Å². The van der Waals surface area contributed by atoms with E-state index < -0.39 is 0 Å². The van der Waals surface area contributed by atoms with Crippen LogP contribution < -0.4 is 4.74 Å². The molecule has 0 bridgehead atoms. The fourth-order valence-electron chi connectivity index (χ4n) is 3.61. The summed E-state index contributed by atoms with van der Waals surface area (Å²) in [7, 11) is 0. The van der Waals surface area contributed by atoms with E-state index in [0.29, 0.717) is 12.2 Å². The smallest absolute Gasteiger partial charge is 0.150 e. The van der Waals surface area contributed by atoms with Crippen molar-refractivity contribution in [3.8, 4) is 5.75 Å². The first-order valence-corrected chi connectivity index (χ1v) is 10.4. The lowest BCUT2D eigenvalue weighted by molar-refractivity contribution is 0.112. The summed E-state index contributed by atoms with van der Waals surface area (Å²) in [6.07, 6.45) is 2.74. The highest BCUT2D eigenvalue weighted by atomic mass is 35.5. The highest BCUT2D eigenvalue weighted by Crippen LogP contribution is 2.32. The molecule has 0 unspecified atom stereocenters. The molecule has 29 heavy (non-hydrogen) atoms. The van der Waals surface area contributed by atoms with E-state index >= 15 is 0 Å². The van der Waals surface area contributed by atoms with Crippen LogP contribution in [0.25, 0.3) is 0 Å². The van der Waals surface area contributed by atoms with Gasteiger partial charge in [0.1, 0.15) is 12.0 Å². The number of ether oxygens (including phenoxy) is 1. The van der Waals surface area contributed by atoms with Crippen LogP contribution in [0.2, 0.25) is 5.02 Å². The maximum Gasteiger partial charge on any atom is 0.150 e. The minimum absolute atomic E-state index is 0.273. The van der Waals surface area contributed by atoms with Crippen molar-refractivity contribution in [2.75, 3.05) is 6.61 Å². The average molecular weight is 407 g/mol. The predicted octanol–water partition coefficient (Wildman–Crippen LogP) is 7.07. The third-order valence-corrected chi connectivity index (χ3v) is 5.65. The molecule has 0 aromatic heterocycles. The summed E-state index contributed by atoms with van der Waals surface area (Å²) >= 11 is 6.27. The third kappa shape index (κ3) is 5.48. The Morgan fingerprint density at radius 2 is 1.69 bits per heavy atom. The van der Waals surface area contributed by atoms with E-state index in [1.807, 2.05) is 31.2 Å². The van der Waals surface area contributed by atoms with E-state index in [9.17, 15) is 4.79 Å². The zero-order valence-electron chi connectivity index (χ0n) is 17.2. The summed E-state index contributed by atoms with van der Waals surface area (Å²) < 4.78 is 5.98. The summed E-state index contributed by atoms with van der Waals surface area (Å²) in [4.78, 5) is 10.9. The van der Waals surface area contributed by atoms with E-state index in [1.165, 1.54) is 22.3 Å². The number of benzene rings is 3. The van der Waals surface area contributed by atoms with Gasteiger partial charge in [-0.25, -0.2) is 0 Å². The van der Waals surface area contributed by atoms with Crippen molar-refractivity contribution in [3.63, 3.8) is 0 Å². The van der Waals surface area contributed by atoms with Gasteiger partial charge in [0.15, 0.2) is 0 Å². The van der Waals surface area contributed by atoms with Crippen LogP contribution in [-0.4, -0.2) is 12.9 Å². The molecule has 0 aliphatic rings. The Kier molecular flexibility index (Phi) is 7.11. The van der Waals surface area contributed by atoms with Gasteiger partial charge in [-0.1, -0.05) is 41.9 Å². The molecule has 0 spiro atoms. The summed E-state index contributed by atoms with van der Waals surface area (Å²) in [6, 6.07) is 20.3. The van der Waals surface area contributed by atoms with Crippen molar-refractivity contribution in [1.82, 2.24) is 0 Å². The fourth-order valence-corrected chi connectivity index (χ4v) is 3.81. The molecule has 3 aromatic carbocycles. The lowest BCUT2D eigenvalue weighted by atomic mass is 9.86. The normalized spacial score (nSPS) is 11.9. The molecule has 0 saturated carbocycles. The first-order chi connectivity index (χ1) is 14.0. The highest BCUT2D eigenvalue weighted by Gasteiger charge is 2.15. The summed E-state index contributed by atoms with van der Waals surface area (Å²) in [5.74, 6) is 1.11. The van der Waals surface area contributed by atoms with Crippen LogP contribution in [-0.2, 0) is 0 Å². The van der Waals surface area contributed by atoms with Crippen LogP contribution in [0.15, 0.2) is 60.7 Å². The highest BCUT2D eigenvalue weighted by molar-refractivity contribution is 6.30. The number of carbonyl (C=O) groups is 1. The number of aldehydes is 1. The second kappa shape index (κ2) is 9.76. The number of rotatable bonds is 8. The Labute approximate surface area is 178 Å². The van der Waals surface area contributed by atoms with Gasteiger partial charge in [-0.2, -0.15) is 0 Å². The summed E-state index contributed by atoms with van der Waals surface area (Å²) in [5.41, 5.74) is 6.79. The lowest BCUT2D eigenvalue weighted by Gasteiger charge is -2.20. The van der Waals surface area contributed by atoms with Crippen molar-refractivity contribution in [3.05, 3.63) is 99.1 Å². The lowest BCUT2D eigenvalue weighted by Crippen LogP contribution is -2.06. The van der Waals surface area contributed by atoms with Gasteiger partial charge in [-0.3, -0.25) is 4.79 Å². The number of hydrogen-bond donors (Lipinski definition) is 0. The zero-order valence-corrected chi connectivity index (χ0v) is 18.0. The Bertz CT molecular complexity index is 994. The zero-order chi connectivity index (χ0) is 20.8. The first kappa shape index (κ1) is 21.1. The van der Waals surface area contributed by atoms with Gasteiger partial charge in [0, 0.05) is 16.5 Å². The quantitative estimate of drug-likeness (QED) is 0.295. The molecular weight excluding hydrogens is 380 g/mol. The number of halogens is 1. The van der Waals surface area contributed by atoms with Gasteiger partial charge in [0.05, 0.1) is 6.61 Å². The Hall–Kier alpha value is -2.58. The van der Waals surface area contributed by atoms with E-state index in [-0.39, 0.29) is 5.92 Å². The second-order valence-corrected chi connectivity index (χ2v) is 8.02. The number of carbonyl (C=O) groups excluding carboxylic acids is 1. The van der Waals surface area contributed by atoms with Crippen LogP contribution in [0.4, 0.5) is 0 Å². The van der Waals surface area contributed by atoms with Gasteiger partial charge in [-0.05, 0) is 91.8 Å². The van der Waals surface area contributed by atoms with Crippen LogP contribution in [0, 0.1) is 20.8 Å². The topological polar surface area (TPSA) is 26.3 Å². The van der Waals surface area contributed by atoms with Gasteiger partial charge >= 0.3 is 0 Å². The first-order valence-electron chi connectivity index (χ1n) is 9.99. The van der Waals surface area contributed by atoms with Crippen molar-refractivity contribution >= 4 is 17.9 Å². The van der Waals surface area contributed by atoms with E-state index in [2.05, 4.69) is 44.2 Å². The molecular formula is C26H27ClO2.